The zero-order chi connectivity index (χ0) is 42.9. The fraction of sp³-hybridized carbons (Fsp3) is 0.489. The smallest absolute Gasteiger partial charge is 0.410 e. The van der Waals surface area contributed by atoms with Crippen LogP contribution in [-0.4, -0.2) is 88.3 Å². The molecule has 1 aliphatic carbocycles. The van der Waals surface area contributed by atoms with E-state index in [1.807, 2.05) is 42.5 Å². The van der Waals surface area contributed by atoms with Crippen molar-refractivity contribution in [2.45, 2.75) is 108 Å². The number of carboxylic acid groups (broad SMARTS) is 1. The van der Waals surface area contributed by atoms with Crippen molar-refractivity contribution in [3.05, 3.63) is 108 Å². The average Bonchev–Trinajstić information content (AvgIpc) is 3.27. The number of likely N-dealkylation sites (tertiary alicyclic amines) is 1. The minimum Gasteiger partial charge on any atom is -0.481 e. The summed E-state index contributed by atoms with van der Waals surface area (Å²) in [7, 11) is 0. The second-order valence-corrected chi connectivity index (χ2v) is 16.1. The number of carbonyl (C=O) groups is 6. The normalized spacial score (nSPS) is 16.3. The number of carbonyl (C=O) groups excluding carboxylic acids is 5. The van der Waals surface area contributed by atoms with Crippen molar-refractivity contribution < 1.29 is 43.3 Å². The van der Waals surface area contributed by atoms with Crippen LogP contribution in [0.2, 0.25) is 0 Å². The number of likely N-dealkylation sites (N-methyl/N-ethyl adjacent to an activating group) is 1. The number of carboxylic acids is 1. The molecule has 1 heterocycles. The van der Waals surface area contributed by atoms with E-state index < -0.39 is 54.3 Å². The second-order valence-electron chi connectivity index (χ2n) is 16.1. The van der Waals surface area contributed by atoms with E-state index in [2.05, 4.69) is 5.32 Å². The number of ketones is 1. The van der Waals surface area contributed by atoms with E-state index in [1.54, 1.807) is 60.4 Å². The van der Waals surface area contributed by atoms with Crippen LogP contribution in [-0.2, 0) is 40.1 Å². The third-order valence-corrected chi connectivity index (χ3v) is 11.8. The van der Waals surface area contributed by atoms with Gasteiger partial charge >= 0.3 is 18.0 Å². The first-order valence-corrected chi connectivity index (χ1v) is 21.4. The van der Waals surface area contributed by atoms with E-state index in [-0.39, 0.29) is 43.9 Å². The van der Waals surface area contributed by atoms with Gasteiger partial charge in [0.15, 0.2) is 17.4 Å². The van der Waals surface area contributed by atoms with Gasteiger partial charge in [-0.05, 0) is 67.6 Å². The minimum atomic E-state index is -2.32. The molecule has 0 unspecified atom stereocenters. The summed E-state index contributed by atoms with van der Waals surface area (Å²) in [5.74, 6) is -4.14. The molecule has 3 aromatic carbocycles. The summed E-state index contributed by atoms with van der Waals surface area (Å²) in [6.07, 6.45) is 5.09. The minimum absolute atomic E-state index is 0.121. The predicted molar refractivity (Wildman–Crippen MR) is 225 cm³/mol. The van der Waals surface area contributed by atoms with Crippen molar-refractivity contribution in [2.75, 3.05) is 26.2 Å². The Morgan fingerprint density at radius 1 is 0.833 bits per heavy atom. The van der Waals surface area contributed by atoms with Crippen LogP contribution in [0, 0.1) is 11.8 Å². The molecule has 2 atom stereocenters. The number of aliphatic carboxylic acids is 1. The van der Waals surface area contributed by atoms with Gasteiger partial charge in [-0.2, -0.15) is 0 Å². The molecule has 3 aromatic rings. The number of piperidine rings is 1. The molecule has 2 fully saturated rings. The zero-order valence-corrected chi connectivity index (χ0v) is 34.7. The molecule has 2 aliphatic rings. The molecule has 1 saturated carbocycles. The summed E-state index contributed by atoms with van der Waals surface area (Å²) in [6.45, 7) is 2.89. The van der Waals surface area contributed by atoms with Gasteiger partial charge in [-0.3, -0.25) is 19.2 Å². The number of Topliss-reactive ketones (excluding diaryl/α,β-unsaturated/α-hetero) is 1. The molecule has 0 radical (unpaired) electrons. The first-order valence-electron chi connectivity index (χ1n) is 21.4. The highest BCUT2D eigenvalue weighted by atomic mass is 16.6. The van der Waals surface area contributed by atoms with E-state index in [9.17, 15) is 33.9 Å². The molecule has 3 amide bonds. The number of hydrogen-bond donors (Lipinski definition) is 3. The Hall–Kier alpha value is -5.56. The fourth-order valence-electron chi connectivity index (χ4n) is 8.40. The number of esters is 1. The highest BCUT2D eigenvalue weighted by Gasteiger charge is 2.53. The molecule has 0 spiro atoms. The van der Waals surface area contributed by atoms with E-state index in [1.165, 1.54) is 4.90 Å². The average molecular weight is 825 g/mol. The largest absolute Gasteiger partial charge is 0.481 e. The van der Waals surface area contributed by atoms with Crippen LogP contribution in [0.5, 0.6) is 0 Å². The highest BCUT2D eigenvalue weighted by molar-refractivity contribution is 6.14. The highest BCUT2D eigenvalue weighted by Crippen LogP contribution is 2.35. The number of nitrogens with zero attached hydrogens (tertiary/aromatic N) is 2. The van der Waals surface area contributed by atoms with E-state index in [0.717, 1.165) is 44.1 Å². The molecular formula is C47H60N4O9. The van der Waals surface area contributed by atoms with Crippen LogP contribution in [0.1, 0.15) is 107 Å². The number of hydrogen-bond acceptors (Lipinski definition) is 9. The molecule has 322 valence electrons. The monoisotopic (exact) mass is 824 g/mol. The first kappa shape index (κ1) is 45.5. The molecule has 13 nitrogen and oxygen atoms in total. The molecule has 4 N–H and O–H groups in total. The van der Waals surface area contributed by atoms with Gasteiger partial charge in [0.05, 0.1) is 19.0 Å². The predicted octanol–water partition coefficient (Wildman–Crippen LogP) is 6.58. The van der Waals surface area contributed by atoms with Gasteiger partial charge in [-0.1, -0.05) is 123 Å². The lowest BCUT2D eigenvalue weighted by atomic mass is 9.75. The van der Waals surface area contributed by atoms with Crippen LogP contribution in [0.15, 0.2) is 91.0 Å². The number of benzene rings is 3. The Kier molecular flexibility index (Phi) is 17.2. The Labute approximate surface area is 353 Å². The van der Waals surface area contributed by atoms with Crippen molar-refractivity contribution in [3.8, 4) is 0 Å². The maximum Gasteiger partial charge on any atom is 0.410 e. The molecule has 1 saturated heterocycles. The number of ether oxygens (including phenoxy) is 2. The fourth-order valence-corrected chi connectivity index (χ4v) is 8.40. The van der Waals surface area contributed by atoms with Gasteiger partial charge in [0.25, 0.3) is 0 Å². The van der Waals surface area contributed by atoms with Crippen LogP contribution < -0.4 is 11.1 Å². The summed E-state index contributed by atoms with van der Waals surface area (Å²) in [5, 5.41) is 12.4. The van der Waals surface area contributed by atoms with Crippen molar-refractivity contribution >= 4 is 35.6 Å². The van der Waals surface area contributed by atoms with Crippen LogP contribution in [0.3, 0.4) is 0 Å². The summed E-state index contributed by atoms with van der Waals surface area (Å²) in [4.78, 5) is 84.6. The quantitative estimate of drug-likeness (QED) is 0.0830. The number of nitrogens with two attached hydrogens (primary N) is 1. The van der Waals surface area contributed by atoms with Crippen molar-refractivity contribution in [1.29, 1.82) is 0 Å². The van der Waals surface area contributed by atoms with Gasteiger partial charge in [-0.25, -0.2) is 9.59 Å². The molecule has 0 bridgehead atoms. The molecule has 60 heavy (non-hydrogen) atoms. The number of nitrogens with one attached hydrogen (secondary N) is 1. The summed E-state index contributed by atoms with van der Waals surface area (Å²) >= 11 is 0. The number of rotatable bonds is 20. The Morgan fingerprint density at radius 3 is 1.98 bits per heavy atom. The lowest BCUT2D eigenvalue weighted by Gasteiger charge is -2.38. The van der Waals surface area contributed by atoms with E-state index in [0.29, 0.717) is 49.4 Å². The van der Waals surface area contributed by atoms with Crippen LogP contribution in [0.4, 0.5) is 4.79 Å². The summed E-state index contributed by atoms with van der Waals surface area (Å²) in [6, 6.07) is 25.9. The van der Waals surface area contributed by atoms with Crippen LogP contribution >= 0.6 is 0 Å². The van der Waals surface area contributed by atoms with Gasteiger partial charge in [-0.15, -0.1) is 0 Å². The molecule has 1 aliphatic heterocycles. The van der Waals surface area contributed by atoms with E-state index in [4.69, 9.17) is 15.2 Å². The van der Waals surface area contributed by atoms with Gasteiger partial charge in [0.2, 0.25) is 11.8 Å². The summed E-state index contributed by atoms with van der Waals surface area (Å²) in [5.41, 5.74) is 6.12. The van der Waals surface area contributed by atoms with E-state index >= 15 is 0 Å². The zero-order valence-electron chi connectivity index (χ0n) is 34.7. The molecular weight excluding hydrogens is 765 g/mol. The Morgan fingerprint density at radius 2 is 1.42 bits per heavy atom. The lowest BCUT2D eigenvalue weighted by Crippen LogP contribution is -2.66. The van der Waals surface area contributed by atoms with Gasteiger partial charge < -0.3 is 35.4 Å². The summed E-state index contributed by atoms with van der Waals surface area (Å²) < 4.78 is 11.7. The Bertz CT molecular complexity index is 1830. The number of amides is 3. The SMILES string of the molecule is CCN(CC(=O)N[C@@](CC1CCCCC1)(C(=O)OC(c1ccccc1)c1ccccc1)C(=O)[C@@H](N)CC(=O)O)C(=O)CCCC1CCN(C(=O)OCc2ccccc2)CC1. The second kappa shape index (κ2) is 22.7. The lowest BCUT2D eigenvalue weighted by molar-refractivity contribution is -0.163. The molecule has 5 rings (SSSR count). The van der Waals surface area contributed by atoms with Crippen molar-refractivity contribution in [3.63, 3.8) is 0 Å². The third-order valence-electron chi connectivity index (χ3n) is 11.8. The first-order chi connectivity index (χ1) is 29.0. The standard InChI is InChI=1S/C47H60N4O9/c1-2-50(41(53)25-15-20-34-26-28-51(29-27-34)46(58)59-33-36-18-9-4-10-19-36)32-40(52)49-47(31-35-16-7-3-8-17-35,44(56)39(48)30-42(54)55)45(57)60-43(37-21-11-5-12-22-37)38-23-13-6-14-24-38/h4-6,9-14,18-19,21-24,34-35,39,43H,2-3,7-8,15-17,20,25-33,48H2,1H3,(H,49,52)(H,54,55)/t39-,47+/m0/s1. The topological polar surface area (TPSA) is 186 Å². The maximum absolute atomic E-state index is 14.8. The van der Waals surface area contributed by atoms with Gasteiger partial charge in [0.1, 0.15) is 6.61 Å². The molecule has 13 heteroatoms. The molecule has 0 aromatic heterocycles. The van der Waals surface area contributed by atoms with Crippen LogP contribution in [0.25, 0.3) is 0 Å². The Balaban J connectivity index is 1.26. The third kappa shape index (κ3) is 13.0. The van der Waals surface area contributed by atoms with Crippen molar-refractivity contribution in [1.82, 2.24) is 15.1 Å². The van der Waals surface area contributed by atoms with Crippen molar-refractivity contribution in [2.24, 2.45) is 17.6 Å². The maximum atomic E-state index is 14.8. The van der Waals surface area contributed by atoms with Gasteiger partial charge in [0, 0.05) is 26.1 Å².